The first-order valence-electron chi connectivity index (χ1n) is 5.95. The molecule has 17 heavy (non-hydrogen) atoms. The molecule has 1 amide bonds. The molecule has 0 aromatic carbocycles. The van der Waals surface area contributed by atoms with Gasteiger partial charge in [-0.1, -0.05) is 20.8 Å². The first-order chi connectivity index (χ1) is 7.96. The Morgan fingerprint density at radius 3 is 2.88 bits per heavy atom. The molecular formula is C13H19NO2S. The standard InChI is InChI=1S/C13H19NO2S/c1-13(2,3)17-11-4-6-14(8-11)12(15)10-5-7-16-9-10/h5,7,9,11H,4,6,8H2,1-3H3/t11-/m0/s1. The number of hydrogen-bond acceptors (Lipinski definition) is 3. The van der Waals surface area contributed by atoms with Gasteiger partial charge in [-0.3, -0.25) is 4.79 Å². The van der Waals surface area contributed by atoms with Crippen LogP contribution in [0.5, 0.6) is 0 Å². The van der Waals surface area contributed by atoms with E-state index in [1.54, 1.807) is 12.3 Å². The van der Waals surface area contributed by atoms with E-state index in [1.807, 2.05) is 16.7 Å². The fourth-order valence-electron chi connectivity index (χ4n) is 2.08. The third kappa shape index (κ3) is 3.28. The van der Waals surface area contributed by atoms with Gasteiger partial charge in [0, 0.05) is 23.1 Å². The van der Waals surface area contributed by atoms with Crippen molar-refractivity contribution in [2.45, 2.75) is 37.2 Å². The van der Waals surface area contributed by atoms with Gasteiger partial charge in [-0.25, -0.2) is 0 Å². The maximum absolute atomic E-state index is 12.1. The Kier molecular flexibility index (Phi) is 3.52. The molecule has 4 heteroatoms. The molecule has 0 unspecified atom stereocenters. The van der Waals surface area contributed by atoms with Crippen molar-refractivity contribution >= 4 is 17.7 Å². The van der Waals surface area contributed by atoms with Gasteiger partial charge in [0.05, 0.1) is 11.8 Å². The van der Waals surface area contributed by atoms with Crippen LogP contribution in [-0.4, -0.2) is 33.9 Å². The molecule has 1 aromatic rings. The Morgan fingerprint density at radius 1 is 1.53 bits per heavy atom. The van der Waals surface area contributed by atoms with Gasteiger partial charge in [0.15, 0.2) is 0 Å². The third-order valence-electron chi connectivity index (χ3n) is 2.72. The maximum Gasteiger partial charge on any atom is 0.257 e. The van der Waals surface area contributed by atoms with Gasteiger partial charge in [-0.2, -0.15) is 11.8 Å². The molecule has 0 spiro atoms. The summed E-state index contributed by atoms with van der Waals surface area (Å²) in [7, 11) is 0. The number of amides is 1. The molecule has 0 aliphatic carbocycles. The van der Waals surface area contributed by atoms with Crippen LogP contribution in [0.3, 0.4) is 0 Å². The van der Waals surface area contributed by atoms with Crippen LogP contribution < -0.4 is 0 Å². The Labute approximate surface area is 107 Å². The average Bonchev–Trinajstić information content (AvgIpc) is 2.83. The van der Waals surface area contributed by atoms with Crippen molar-refractivity contribution in [3.63, 3.8) is 0 Å². The number of nitrogens with zero attached hydrogens (tertiary/aromatic N) is 1. The van der Waals surface area contributed by atoms with Gasteiger partial charge in [0.1, 0.15) is 6.26 Å². The Bertz CT molecular complexity index is 381. The summed E-state index contributed by atoms with van der Waals surface area (Å²) in [6.45, 7) is 8.37. The fraction of sp³-hybridized carbons (Fsp3) is 0.615. The van der Waals surface area contributed by atoms with E-state index in [4.69, 9.17) is 4.42 Å². The molecule has 1 aliphatic rings. The smallest absolute Gasteiger partial charge is 0.257 e. The molecule has 1 fully saturated rings. The first kappa shape index (κ1) is 12.6. The van der Waals surface area contributed by atoms with Gasteiger partial charge >= 0.3 is 0 Å². The number of furan rings is 1. The fourth-order valence-corrected chi connectivity index (χ4v) is 3.56. The minimum atomic E-state index is 0.0933. The molecule has 1 aromatic heterocycles. The van der Waals surface area contributed by atoms with Gasteiger partial charge in [-0.15, -0.1) is 0 Å². The third-order valence-corrected chi connectivity index (χ3v) is 4.15. The van der Waals surface area contributed by atoms with E-state index in [9.17, 15) is 4.79 Å². The summed E-state index contributed by atoms with van der Waals surface area (Å²) in [5.74, 6) is 0.0933. The largest absolute Gasteiger partial charge is 0.472 e. The number of thioether (sulfide) groups is 1. The summed E-state index contributed by atoms with van der Waals surface area (Å²) >= 11 is 1.97. The van der Waals surface area contributed by atoms with Crippen molar-refractivity contribution in [2.24, 2.45) is 0 Å². The molecule has 2 heterocycles. The highest BCUT2D eigenvalue weighted by molar-refractivity contribution is 8.01. The van der Waals surface area contributed by atoms with Crippen LogP contribution in [0.2, 0.25) is 0 Å². The molecule has 0 N–H and O–H groups in total. The van der Waals surface area contributed by atoms with Gasteiger partial charge in [-0.05, 0) is 12.5 Å². The van der Waals surface area contributed by atoms with Crippen LogP contribution in [0.25, 0.3) is 0 Å². The normalized spacial score (nSPS) is 20.9. The highest BCUT2D eigenvalue weighted by atomic mass is 32.2. The van der Waals surface area contributed by atoms with E-state index in [0.717, 1.165) is 19.5 Å². The van der Waals surface area contributed by atoms with Crippen LogP contribution in [0.4, 0.5) is 0 Å². The molecule has 0 saturated carbocycles. The predicted molar refractivity (Wildman–Crippen MR) is 70.4 cm³/mol. The minimum absolute atomic E-state index is 0.0933. The van der Waals surface area contributed by atoms with Crippen molar-refractivity contribution in [1.82, 2.24) is 4.90 Å². The van der Waals surface area contributed by atoms with Crippen LogP contribution in [0.15, 0.2) is 23.0 Å². The van der Waals surface area contributed by atoms with Crippen LogP contribution >= 0.6 is 11.8 Å². The molecule has 2 rings (SSSR count). The lowest BCUT2D eigenvalue weighted by atomic mass is 10.3. The van der Waals surface area contributed by atoms with Crippen LogP contribution in [-0.2, 0) is 0 Å². The highest BCUT2D eigenvalue weighted by Crippen LogP contribution is 2.33. The number of carbonyl (C=O) groups excluding carboxylic acids is 1. The highest BCUT2D eigenvalue weighted by Gasteiger charge is 2.30. The molecule has 94 valence electrons. The van der Waals surface area contributed by atoms with Gasteiger partial charge in [0.2, 0.25) is 0 Å². The number of carbonyl (C=O) groups is 1. The monoisotopic (exact) mass is 253 g/mol. The molecule has 1 aliphatic heterocycles. The van der Waals surface area contributed by atoms with E-state index < -0.39 is 0 Å². The number of rotatable bonds is 2. The van der Waals surface area contributed by atoms with Gasteiger partial charge in [0.25, 0.3) is 5.91 Å². The van der Waals surface area contributed by atoms with Crippen molar-refractivity contribution < 1.29 is 9.21 Å². The zero-order chi connectivity index (χ0) is 12.5. The predicted octanol–water partition coefficient (Wildman–Crippen LogP) is 3.03. The number of hydrogen-bond donors (Lipinski definition) is 0. The van der Waals surface area contributed by atoms with E-state index in [2.05, 4.69) is 20.8 Å². The lowest BCUT2D eigenvalue weighted by Gasteiger charge is -2.22. The molecule has 1 atom stereocenters. The Hall–Kier alpha value is -0.900. The molecular weight excluding hydrogens is 234 g/mol. The summed E-state index contributed by atoms with van der Waals surface area (Å²) in [5.41, 5.74) is 0.659. The molecule has 0 radical (unpaired) electrons. The maximum atomic E-state index is 12.1. The van der Waals surface area contributed by atoms with E-state index in [0.29, 0.717) is 10.8 Å². The lowest BCUT2D eigenvalue weighted by Crippen LogP contribution is -2.29. The summed E-state index contributed by atoms with van der Waals surface area (Å²) < 4.78 is 5.21. The Morgan fingerprint density at radius 2 is 2.29 bits per heavy atom. The van der Waals surface area contributed by atoms with E-state index in [1.165, 1.54) is 6.26 Å². The SMILES string of the molecule is CC(C)(C)S[C@H]1CCN(C(=O)c2ccoc2)C1. The summed E-state index contributed by atoms with van der Waals surface area (Å²) in [5, 5.41) is 0.561. The molecule has 3 nitrogen and oxygen atoms in total. The van der Waals surface area contributed by atoms with E-state index >= 15 is 0 Å². The minimum Gasteiger partial charge on any atom is -0.472 e. The topological polar surface area (TPSA) is 33.5 Å². The van der Waals surface area contributed by atoms with Gasteiger partial charge < -0.3 is 9.32 Å². The number of likely N-dealkylation sites (tertiary alicyclic amines) is 1. The van der Waals surface area contributed by atoms with Crippen LogP contribution in [0, 0.1) is 0 Å². The van der Waals surface area contributed by atoms with Crippen LogP contribution in [0.1, 0.15) is 37.6 Å². The van der Waals surface area contributed by atoms with Crippen molar-refractivity contribution in [3.05, 3.63) is 24.2 Å². The molecule has 0 bridgehead atoms. The zero-order valence-corrected chi connectivity index (χ0v) is 11.4. The molecule has 1 saturated heterocycles. The van der Waals surface area contributed by atoms with Crippen molar-refractivity contribution in [2.75, 3.05) is 13.1 Å². The lowest BCUT2D eigenvalue weighted by molar-refractivity contribution is 0.0792. The summed E-state index contributed by atoms with van der Waals surface area (Å²) in [4.78, 5) is 14.0. The second-order valence-corrected chi connectivity index (χ2v) is 7.53. The average molecular weight is 253 g/mol. The van der Waals surface area contributed by atoms with Crippen molar-refractivity contribution in [3.8, 4) is 0 Å². The zero-order valence-electron chi connectivity index (χ0n) is 10.6. The first-order valence-corrected chi connectivity index (χ1v) is 6.83. The quantitative estimate of drug-likeness (QED) is 0.812. The van der Waals surface area contributed by atoms with Crippen molar-refractivity contribution in [1.29, 1.82) is 0 Å². The Balaban J connectivity index is 1.92. The second kappa shape index (κ2) is 4.77. The second-order valence-electron chi connectivity index (χ2n) is 5.40. The summed E-state index contributed by atoms with van der Waals surface area (Å²) in [6.07, 6.45) is 4.16. The summed E-state index contributed by atoms with van der Waals surface area (Å²) in [6, 6.07) is 1.73. The van der Waals surface area contributed by atoms with E-state index in [-0.39, 0.29) is 10.7 Å².